The summed E-state index contributed by atoms with van der Waals surface area (Å²) in [5.41, 5.74) is 1.78. The van der Waals surface area contributed by atoms with Crippen LogP contribution in [0.1, 0.15) is 50.0 Å². The predicted molar refractivity (Wildman–Crippen MR) is 111 cm³/mol. The number of rotatable bonds is 8. The van der Waals surface area contributed by atoms with Crippen molar-refractivity contribution in [2.45, 2.75) is 46.1 Å². The number of methoxy groups -OCH3 is 1. The van der Waals surface area contributed by atoms with Crippen molar-refractivity contribution in [1.82, 2.24) is 14.4 Å². The summed E-state index contributed by atoms with van der Waals surface area (Å²) in [6, 6.07) is 8.19. The molecule has 1 saturated heterocycles. The molecule has 3 rings (SSSR count). The third kappa shape index (κ3) is 4.13. The van der Waals surface area contributed by atoms with Gasteiger partial charge in [0.25, 0.3) is 5.91 Å². The number of fused-ring (bicyclic) bond motifs is 1. The van der Waals surface area contributed by atoms with Gasteiger partial charge in [-0.15, -0.1) is 0 Å². The molecule has 2 aromatic rings. The summed E-state index contributed by atoms with van der Waals surface area (Å²) in [5.74, 6) is 0.770. The van der Waals surface area contributed by atoms with E-state index in [0.29, 0.717) is 24.5 Å². The van der Waals surface area contributed by atoms with Crippen LogP contribution in [0.3, 0.4) is 0 Å². The van der Waals surface area contributed by atoms with Gasteiger partial charge in [-0.1, -0.05) is 18.6 Å². The largest absolute Gasteiger partial charge is 0.494 e. The summed E-state index contributed by atoms with van der Waals surface area (Å²) >= 11 is 0. The molecule has 1 amide bonds. The number of piperidine rings is 1. The molecular weight excluding hydrogens is 338 g/mol. The van der Waals surface area contributed by atoms with Crippen molar-refractivity contribution in [3.8, 4) is 5.75 Å². The molecule has 1 aromatic carbocycles. The van der Waals surface area contributed by atoms with Gasteiger partial charge in [0.15, 0.2) is 11.4 Å². The lowest BCUT2D eigenvalue weighted by Gasteiger charge is -2.26. The van der Waals surface area contributed by atoms with Crippen LogP contribution >= 0.6 is 0 Å². The van der Waals surface area contributed by atoms with Crippen molar-refractivity contribution in [3.63, 3.8) is 0 Å². The third-order valence-corrected chi connectivity index (χ3v) is 5.69. The van der Waals surface area contributed by atoms with Crippen molar-refractivity contribution in [3.05, 3.63) is 30.0 Å². The maximum atomic E-state index is 13.3. The summed E-state index contributed by atoms with van der Waals surface area (Å²) in [5, 5.41) is 1.02. The average Bonchev–Trinajstić information content (AvgIpc) is 3.03. The van der Waals surface area contributed by atoms with Gasteiger partial charge in [0.2, 0.25) is 0 Å². The van der Waals surface area contributed by atoms with Crippen LogP contribution in [0.5, 0.6) is 5.75 Å². The quantitative estimate of drug-likeness (QED) is 0.704. The average molecular weight is 372 g/mol. The van der Waals surface area contributed by atoms with Gasteiger partial charge in [-0.25, -0.2) is 0 Å². The molecule has 1 fully saturated rings. The first-order valence-electron chi connectivity index (χ1n) is 10.4. The normalized spacial score (nSPS) is 15.2. The minimum Gasteiger partial charge on any atom is -0.494 e. The van der Waals surface area contributed by atoms with E-state index in [-0.39, 0.29) is 5.91 Å². The highest BCUT2D eigenvalue weighted by atomic mass is 16.5. The first-order valence-corrected chi connectivity index (χ1v) is 10.4. The van der Waals surface area contributed by atoms with Crippen LogP contribution in [0, 0.1) is 0 Å². The second kappa shape index (κ2) is 9.27. The van der Waals surface area contributed by atoms with Crippen molar-refractivity contribution in [1.29, 1.82) is 0 Å². The summed E-state index contributed by atoms with van der Waals surface area (Å²) in [7, 11) is 1.67. The topological polar surface area (TPSA) is 37.7 Å². The molecule has 1 aliphatic rings. The van der Waals surface area contributed by atoms with E-state index in [1.165, 1.54) is 32.4 Å². The number of amides is 1. The first kappa shape index (κ1) is 19.7. The Hall–Kier alpha value is -2.01. The van der Waals surface area contributed by atoms with Gasteiger partial charge in [0.05, 0.1) is 12.6 Å². The van der Waals surface area contributed by atoms with Crippen molar-refractivity contribution >= 4 is 16.8 Å². The summed E-state index contributed by atoms with van der Waals surface area (Å²) in [6.45, 7) is 9.80. The lowest BCUT2D eigenvalue weighted by atomic mass is 10.1. The minimum absolute atomic E-state index is 0.0611. The lowest BCUT2D eigenvalue weighted by Crippen LogP contribution is -2.33. The molecule has 1 aliphatic heterocycles. The standard InChI is InChI=1S/C22H33N3O2/c1-4-24(5-2)22(26)20-21(27-3)18-12-7-8-13-19(18)25(20)17-11-16-23-14-9-6-10-15-23/h7-8,12-13H,4-6,9-11,14-17H2,1-3H3. The van der Waals surface area contributed by atoms with Crippen molar-refractivity contribution < 1.29 is 9.53 Å². The van der Waals surface area contributed by atoms with Crippen LogP contribution in [-0.4, -0.2) is 60.1 Å². The van der Waals surface area contributed by atoms with Gasteiger partial charge >= 0.3 is 0 Å². The zero-order valence-electron chi connectivity index (χ0n) is 17.0. The smallest absolute Gasteiger partial charge is 0.274 e. The molecule has 0 N–H and O–H groups in total. The Morgan fingerprint density at radius 1 is 1.07 bits per heavy atom. The number of nitrogens with zero attached hydrogens (tertiary/aromatic N) is 3. The molecule has 0 saturated carbocycles. The molecule has 148 valence electrons. The Balaban J connectivity index is 1.91. The zero-order chi connectivity index (χ0) is 19.2. The summed E-state index contributed by atoms with van der Waals surface area (Å²) < 4.78 is 7.90. The number of ether oxygens (including phenoxy) is 1. The van der Waals surface area contributed by atoms with E-state index >= 15 is 0 Å². The van der Waals surface area contributed by atoms with E-state index in [4.69, 9.17) is 4.74 Å². The van der Waals surface area contributed by atoms with Gasteiger partial charge < -0.3 is 19.1 Å². The Labute approximate surface area is 162 Å². The summed E-state index contributed by atoms with van der Waals surface area (Å²) in [6.07, 6.45) is 5.02. The Morgan fingerprint density at radius 2 is 1.78 bits per heavy atom. The minimum atomic E-state index is 0.0611. The van der Waals surface area contributed by atoms with Crippen LogP contribution in [0.25, 0.3) is 10.9 Å². The fraction of sp³-hybridized carbons (Fsp3) is 0.591. The van der Waals surface area contributed by atoms with Crippen molar-refractivity contribution in [2.75, 3.05) is 39.8 Å². The number of para-hydroxylation sites is 1. The lowest BCUT2D eigenvalue weighted by molar-refractivity contribution is 0.0758. The van der Waals surface area contributed by atoms with Gasteiger partial charge in [0, 0.05) is 25.0 Å². The SMILES string of the molecule is CCN(CC)C(=O)c1c(OC)c2ccccc2n1CCCN1CCCCC1. The molecule has 27 heavy (non-hydrogen) atoms. The molecule has 0 aliphatic carbocycles. The maximum Gasteiger partial charge on any atom is 0.274 e. The van der Waals surface area contributed by atoms with Crippen LogP contribution in [-0.2, 0) is 6.54 Å². The molecule has 0 atom stereocenters. The number of aryl methyl sites for hydroxylation is 1. The fourth-order valence-corrected chi connectivity index (χ4v) is 4.22. The third-order valence-electron chi connectivity index (χ3n) is 5.69. The number of hydrogen-bond acceptors (Lipinski definition) is 3. The van der Waals surface area contributed by atoms with E-state index in [9.17, 15) is 4.79 Å². The summed E-state index contributed by atoms with van der Waals surface area (Å²) in [4.78, 5) is 17.7. The highest BCUT2D eigenvalue weighted by Crippen LogP contribution is 2.34. The number of hydrogen-bond donors (Lipinski definition) is 0. The Kier molecular flexibility index (Phi) is 6.78. The van der Waals surface area contributed by atoms with Crippen molar-refractivity contribution in [2.24, 2.45) is 0 Å². The second-order valence-electron chi connectivity index (χ2n) is 7.28. The highest BCUT2D eigenvalue weighted by molar-refractivity contribution is 6.04. The van der Waals surface area contributed by atoms with Gasteiger partial charge in [-0.05, 0) is 64.9 Å². The molecule has 0 bridgehead atoms. The molecule has 5 heteroatoms. The van der Waals surface area contributed by atoms with Gasteiger partial charge in [0.1, 0.15) is 0 Å². The molecule has 2 heterocycles. The Morgan fingerprint density at radius 3 is 2.44 bits per heavy atom. The molecular formula is C22H33N3O2. The number of aromatic nitrogens is 1. The van der Waals surface area contributed by atoms with E-state index in [0.717, 1.165) is 30.4 Å². The number of likely N-dealkylation sites (tertiary alicyclic amines) is 1. The van der Waals surface area contributed by atoms with Crippen LogP contribution in [0.4, 0.5) is 0 Å². The first-order chi connectivity index (χ1) is 13.2. The zero-order valence-corrected chi connectivity index (χ0v) is 17.0. The fourth-order valence-electron chi connectivity index (χ4n) is 4.22. The van der Waals surface area contributed by atoms with Gasteiger partial charge in [-0.3, -0.25) is 4.79 Å². The monoisotopic (exact) mass is 371 g/mol. The molecule has 0 unspecified atom stereocenters. The predicted octanol–water partition coefficient (Wildman–Crippen LogP) is 4.01. The van der Waals surface area contributed by atoms with Crippen LogP contribution in [0.15, 0.2) is 24.3 Å². The van der Waals surface area contributed by atoms with E-state index in [2.05, 4.69) is 15.5 Å². The molecule has 0 radical (unpaired) electrons. The second-order valence-corrected chi connectivity index (χ2v) is 7.28. The molecule has 5 nitrogen and oxygen atoms in total. The van der Waals surface area contributed by atoms with Crippen LogP contribution < -0.4 is 4.74 Å². The molecule has 1 aromatic heterocycles. The van der Waals surface area contributed by atoms with Crippen LogP contribution in [0.2, 0.25) is 0 Å². The maximum absolute atomic E-state index is 13.3. The highest BCUT2D eigenvalue weighted by Gasteiger charge is 2.26. The van der Waals surface area contributed by atoms with E-state index in [1.807, 2.05) is 36.9 Å². The number of carbonyl (C=O) groups excluding carboxylic acids is 1. The Bertz CT molecular complexity index is 758. The van der Waals surface area contributed by atoms with E-state index < -0.39 is 0 Å². The molecule has 0 spiro atoms. The van der Waals surface area contributed by atoms with E-state index in [1.54, 1.807) is 7.11 Å². The van der Waals surface area contributed by atoms with Gasteiger partial charge in [-0.2, -0.15) is 0 Å². The number of carbonyl (C=O) groups is 1. The number of benzene rings is 1.